The van der Waals surface area contributed by atoms with Gasteiger partial charge >= 0.3 is 0 Å². The van der Waals surface area contributed by atoms with Crippen LogP contribution in [-0.2, 0) is 25.9 Å². The highest BCUT2D eigenvalue weighted by molar-refractivity contribution is 5.29. The summed E-state index contributed by atoms with van der Waals surface area (Å²) < 4.78 is 18.8. The van der Waals surface area contributed by atoms with E-state index in [0.29, 0.717) is 25.4 Å². The van der Waals surface area contributed by atoms with Crippen molar-refractivity contribution in [1.29, 1.82) is 0 Å². The topological polar surface area (TPSA) is 58.2 Å². The molecule has 1 aromatic carbocycles. The molecule has 0 atom stereocenters. The quantitative estimate of drug-likeness (QED) is 0.906. The average molecular weight is 343 g/mol. The van der Waals surface area contributed by atoms with E-state index in [1.807, 2.05) is 6.07 Å². The molecule has 0 bridgehead atoms. The maximum absolute atomic E-state index is 13.9. The number of H-pyrrole nitrogens is 1. The van der Waals surface area contributed by atoms with Crippen LogP contribution in [0.15, 0.2) is 23.0 Å². The van der Waals surface area contributed by atoms with Gasteiger partial charge in [-0.15, -0.1) is 0 Å². The van der Waals surface area contributed by atoms with E-state index in [2.05, 4.69) is 9.88 Å². The minimum absolute atomic E-state index is 0.00999. The molecule has 2 heterocycles. The van der Waals surface area contributed by atoms with E-state index >= 15 is 0 Å². The molecule has 2 aliphatic rings. The Morgan fingerprint density at radius 1 is 1.40 bits per heavy atom. The van der Waals surface area contributed by atoms with Crippen molar-refractivity contribution in [2.75, 3.05) is 13.7 Å². The molecule has 1 N–H and O–H groups in total. The van der Waals surface area contributed by atoms with Crippen molar-refractivity contribution in [2.45, 2.75) is 38.8 Å². The molecule has 25 heavy (non-hydrogen) atoms. The fourth-order valence-corrected chi connectivity index (χ4v) is 3.44. The second-order valence-electron chi connectivity index (χ2n) is 7.01. The van der Waals surface area contributed by atoms with Crippen LogP contribution >= 0.6 is 0 Å². The maximum atomic E-state index is 13.9. The van der Waals surface area contributed by atoms with Crippen LogP contribution in [0.1, 0.15) is 35.5 Å². The van der Waals surface area contributed by atoms with E-state index < -0.39 is 0 Å². The number of aromatic amines is 1. The second kappa shape index (κ2) is 6.59. The minimum atomic E-state index is -0.348. The minimum Gasteiger partial charge on any atom is -0.494 e. The Bertz CT molecular complexity index is 845. The molecule has 1 aliphatic carbocycles. The molecule has 2 aromatic rings. The van der Waals surface area contributed by atoms with Gasteiger partial charge in [0.1, 0.15) is 5.82 Å². The molecule has 0 radical (unpaired) electrons. The lowest BCUT2D eigenvalue weighted by Crippen LogP contribution is -2.35. The number of ether oxygens (including phenoxy) is 1. The first-order valence-electron chi connectivity index (χ1n) is 8.78. The van der Waals surface area contributed by atoms with Crippen LogP contribution in [0.4, 0.5) is 4.39 Å². The average Bonchev–Trinajstić information content (AvgIpc) is 3.39. The third-order valence-corrected chi connectivity index (χ3v) is 5.00. The van der Waals surface area contributed by atoms with E-state index in [1.54, 1.807) is 6.07 Å². The Morgan fingerprint density at radius 3 is 2.96 bits per heavy atom. The Labute approximate surface area is 145 Å². The fraction of sp³-hybridized carbons (Fsp3) is 0.474. The number of methoxy groups -OCH3 is 1. The number of benzene rings is 1. The number of nitrogens with one attached hydrogen (secondary N) is 1. The lowest BCUT2D eigenvalue weighted by molar-refractivity contribution is 0.239. The van der Waals surface area contributed by atoms with Gasteiger partial charge in [-0.1, -0.05) is 6.07 Å². The van der Waals surface area contributed by atoms with E-state index in [9.17, 15) is 9.18 Å². The number of fused-ring (bicyclic) bond motifs is 1. The first-order chi connectivity index (χ1) is 12.1. The molecule has 1 fully saturated rings. The van der Waals surface area contributed by atoms with Gasteiger partial charge in [0.05, 0.1) is 12.8 Å². The molecule has 0 unspecified atom stereocenters. The summed E-state index contributed by atoms with van der Waals surface area (Å²) in [6.07, 6.45) is 4.01. The van der Waals surface area contributed by atoms with Gasteiger partial charge in [-0.25, -0.2) is 9.37 Å². The highest BCUT2D eigenvalue weighted by atomic mass is 19.1. The van der Waals surface area contributed by atoms with Crippen molar-refractivity contribution < 1.29 is 9.13 Å². The summed E-state index contributed by atoms with van der Waals surface area (Å²) in [5.41, 5.74) is 2.58. The molecular formula is C19H22FN3O2. The summed E-state index contributed by atoms with van der Waals surface area (Å²) in [6, 6.07) is 5.04. The highest BCUT2D eigenvalue weighted by Gasteiger charge is 2.25. The highest BCUT2D eigenvalue weighted by Crippen LogP contribution is 2.31. The lowest BCUT2D eigenvalue weighted by Gasteiger charge is -2.27. The molecule has 4 rings (SSSR count). The van der Waals surface area contributed by atoms with E-state index in [4.69, 9.17) is 9.72 Å². The van der Waals surface area contributed by atoms with Crippen molar-refractivity contribution >= 4 is 0 Å². The Kier molecular flexibility index (Phi) is 4.29. The maximum Gasteiger partial charge on any atom is 0.254 e. The molecule has 132 valence electrons. The fourth-order valence-electron chi connectivity index (χ4n) is 3.44. The normalized spacial score (nSPS) is 17.4. The van der Waals surface area contributed by atoms with Crippen LogP contribution in [0.5, 0.6) is 5.75 Å². The van der Waals surface area contributed by atoms with Gasteiger partial charge in [-0.05, 0) is 42.9 Å². The SMILES string of the molecule is COc1ccc(CN2CCc3c(nc(CC4CC4)[nH]c3=O)C2)cc1F. The summed E-state index contributed by atoms with van der Waals surface area (Å²) in [5, 5.41) is 0. The molecular weight excluding hydrogens is 321 g/mol. The van der Waals surface area contributed by atoms with Crippen LogP contribution < -0.4 is 10.3 Å². The summed E-state index contributed by atoms with van der Waals surface area (Å²) in [6.45, 7) is 2.03. The first kappa shape index (κ1) is 16.3. The lowest BCUT2D eigenvalue weighted by atomic mass is 10.1. The standard InChI is InChI=1S/C19H22FN3O2/c1-25-17-5-4-13(8-15(17)20)10-23-7-6-14-16(11-23)21-18(22-19(14)24)9-12-2-3-12/h4-5,8,12H,2-3,6-7,9-11H2,1H3,(H,21,22,24). The molecule has 6 heteroatoms. The van der Waals surface area contributed by atoms with Gasteiger partial charge in [-0.2, -0.15) is 0 Å². The smallest absolute Gasteiger partial charge is 0.254 e. The molecule has 0 saturated heterocycles. The van der Waals surface area contributed by atoms with Gasteiger partial charge in [0.2, 0.25) is 0 Å². The van der Waals surface area contributed by atoms with E-state index in [0.717, 1.165) is 35.6 Å². The Morgan fingerprint density at radius 2 is 2.24 bits per heavy atom. The van der Waals surface area contributed by atoms with Crippen molar-refractivity contribution in [1.82, 2.24) is 14.9 Å². The van der Waals surface area contributed by atoms with Crippen LogP contribution in [0.2, 0.25) is 0 Å². The van der Waals surface area contributed by atoms with Crippen molar-refractivity contribution in [2.24, 2.45) is 5.92 Å². The van der Waals surface area contributed by atoms with Gasteiger partial charge < -0.3 is 9.72 Å². The summed E-state index contributed by atoms with van der Waals surface area (Å²) >= 11 is 0. The molecule has 0 spiro atoms. The zero-order valence-electron chi connectivity index (χ0n) is 14.3. The number of rotatable bonds is 5. The zero-order chi connectivity index (χ0) is 17.4. The van der Waals surface area contributed by atoms with Crippen LogP contribution in [0.3, 0.4) is 0 Å². The second-order valence-corrected chi connectivity index (χ2v) is 7.01. The van der Waals surface area contributed by atoms with Crippen LogP contribution in [0, 0.1) is 11.7 Å². The van der Waals surface area contributed by atoms with E-state index in [-0.39, 0.29) is 17.1 Å². The molecule has 1 aliphatic heterocycles. The molecule has 5 nitrogen and oxygen atoms in total. The third-order valence-electron chi connectivity index (χ3n) is 5.00. The Hall–Kier alpha value is -2.21. The summed E-state index contributed by atoms with van der Waals surface area (Å²) in [5.74, 6) is 1.40. The van der Waals surface area contributed by atoms with E-state index in [1.165, 1.54) is 26.0 Å². The predicted octanol–water partition coefficient (Wildman–Crippen LogP) is 2.43. The zero-order valence-corrected chi connectivity index (χ0v) is 14.3. The molecule has 1 saturated carbocycles. The van der Waals surface area contributed by atoms with Gasteiger partial charge in [-0.3, -0.25) is 9.69 Å². The number of hydrogen-bond acceptors (Lipinski definition) is 4. The third kappa shape index (κ3) is 3.58. The summed E-state index contributed by atoms with van der Waals surface area (Å²) in [7, 11) is 1.46. The number of hydrogen-bond donors (Lipinski definition) is 1. The Balaban J connectivity index is 1.50. The monoisotopic (exact) mass is 343 g/mol. The predicted molar refractivity (Wildman–Crippen MR) is 92.1 cm³/mol. The number of nitrogens with zero attached hydrogens (tertiary/aromatic N) is 2. The van der Waals surface area contributed by atoms with Crippen LogP contribution in [-0.4, -0.2) is 28.5 Å². The van der Waals surface area contributed by atoms with Gasteiger partial charge in [0, 0.05) is 31.6 Å². The number of aromatic nitrogens is 2. The van der Waals surface area contributed by atoms with Gasteiger partial charge in [0.25, 0.3) is 5.56 Å². The van der Waals surface area contributed by atoms with Crippen molar-refractivity contribution in [3.8, 4) is 5.75 Å². The largest absolute Gasteiger partial charge is 0.494 e. The first-order valence-corrected chi connectivity index (χ1v) is 8.78. The molecule has 1 aromatic heterocycles. The van der Waals surface area contributed by atoms with Gasteiger partial charge in [0.15, 0.2) is 11.6 Å². The van der Waals surface area contributed by atoms with Crippen molar-refractivity contribution in [3.05, 3.63) is 57.0 Å². The number of halogens is 1. The van der Waals surface area contributed by atoms with Crippen molar-refractivity contribution in [3.63, 3.8) is 0 Å². The van der Waals surface area contributed by atoms with Crippen LogP contribution in [0.25, 0.3) is 0 Å². The summed E-state index contributed by atoms with van der Waals surface area (Å²) in [4.78, 5) is 22.1. The molecule has 0 amide bonds.